The molecule has 0 saturated carbocycles. The molecule has 0 aliphatic carbocycles. The van der Waals surface area contributed by atoms with E-state index in [1.54, 1.807) is 6.07 Å². The molecule has 6 heteroatoms. The number of hydrogen-bond acceptors (Lipinski definition) is 3. The quantitative estimate of drug-likeness (QED) is 0.902. The highest BCUT2D eigenvalue weighted by molar-refractivity contribution is 6.30. The molecule has 18 heavy (non-hydrogen) atoms. The Balaban J connectivity index is 2.41. The molecule has 1 aromatic heterocycles. The molecule has 90 valence electrons. The summed E-state index contributed by atoms with van der Waals surface area (Å²) in [7, 11) is 0. The molecule has 1 heterocycles. The number of benzene rings is 1. The maximum absolute atomic E-state index is 13.5. The van der Waals surface area contributed by atoms with Crippen molar-refractivity contribution in [3.8, 4) is 6.07 Å². The van der Waals surface area contributed by atoms with E-state index in [0.717, 1.165) is 12.1 Å². The lowest BCUT2D eigenvalue weighted by Gasteiger charge is -2.08. The van der Waals surface area contributed by atoms with E-state index < -0.39 is 11.6 Å². The highest BCUT2D eigenvalue weighted by Crippen LogP contribution is 2.24. The molecule has 0 fully saturated rings. The highest BCUT2D eigenvalue weighted by atomic mass is 35.5. The molecule has 0 amide bonds. The van der Waals surface area contributed by atoms with Crippen molar-refractivity contribution in [1.82, 2.24) is 4.98 Å². The van der Waals surface area contributed by atoms with Gasteiger partial charge in [0.2, 0.25) is 0 Å². The summed E-state index contributed by atoms with van der Waals surface area (Å²) in [5, 5.41) is 11.5. The third-order valence-corrected chi connectivity index (χ3v) is 2.39. The summed E-state index contributed by atoms with van der Waals surface area (Å²) < 4.78 is 26.8. The number of nitriles is 1. The first-order valence-electron chi connectivity index (χ1n) is 4.88. The maximum atomic E-state index is 13.5. The van der Waals surface area contributed by atoms with Crippen molar-refractivity contribution < 1.29 is 8.78 Å². The molecule has 2 aromatic rings. The molecule has 1 N–H and O–H groups in total. The second-order valence-corrected chi connectivity index (χ2v) is 3.82. The Hall–Kier alpha value is -2.19. The van der Waals surface area contributed by atoms with Crippen LogP contribution >= 0.6 is 11.6 Å². The van der Waals surface area contributed by atoms with Gasteiger partial charge in [-0.2, -0.15) is 5.26 Å². The first-order valence-corrected chi connectivity index (χ1v) is 5.26. The van der Waals surface area contributed by atoms with Gasteiger partial charge in [-0.15, -0.1) is 0 Å². The Bertz CT molecular complexity index is 638. The van der Waals surface area contributed by atoms with Gasteiger partial charge in [0.05, 0.1) is 10.7 Å². The maximum Gasteiger partial charge on any atom is 0.167 e. The number of aromatic nitrogens is 1. The van der Waals surface area contributed by atoms with Gasteiger partial charge in [-0.1, -0.05) is 17.7 Å². The zero-order valence-corrected chi connectivity index (χ0v) is 9.67. The van der Waals surface area contributed by atoms with Crippen molar-refractivity contribution in [2.24, 2.45) is 0 Å². The average molecular weight is 266 g/mol. The number of pyridine rings is 1. The van der Waals surface area contributed by atoms with Crippen molar-refractivity contribution in [3.63, 3.8) is 0 Å². The van der Waals surface area contributed by atoms with Crippen molar-refractivity contribution in [1.29, 1.82) is 5.26 Å². The molecule has 0 radical (unpaired) electrons. The van der Waals surface area contributed by atoms with E-state index in [0.29, 0.717) is 0 Å². The van der Waals surface area contributed by atoms with Crippen LogP contribution in [-0.4, -0.2) is 4.98 Å². The number of nitrogens with zero attached hydrogens (tertiary/aromatic N) is 2. The van der Waals surface area contributed by atoms with E-state index in [4.69, 9.17) is 16.9 Å². The minimum Gasteiger partial charge on any atom is -0.337 e. The summed E-state index contributed by atoms with van der Waals surface area (Å²) in [6.07, 6.45) is 1.25. The summed E-state index contributed by atoms with van der Waals surface area (Å²) in [6, 6.07) is 6.79. The number of halogens is 3. The second-order valence-electron chi connectivity index (χ2n) is 3.38. The van der Waals surface area contributed by atoms with Gasteiger partial charge in [-0.3, -0.25) is 0 Å². The number of anilines is 2. The van der Waals surface area contributed by atoms with Crippen molar-refractivity contribution >= 4 is 23.1 Å². The van der Waals surface area contributed by atoms with Crippen LogP contribution in [0.25, 0.3) is 0 Å². The van der Waals surface area contributed by atoms with Crippen LogP contribution < -0.4 is 5.32 Å². The summed E-state index contributed by atoms with van der Waals surface area (Å²) in [6.45, 7) is 0. The zero-order valence-electron chi connectivity index (χ0n) is 8.92. The summed E-state index contributed by atoms with van der Waals surface area (Å²) in [5.74, 6) is -1.49. The van der Waals surface area contributed by atoms with Gasteiger partial charge in [0.1, 0.15) is 17.4 Å². The standard InChI is InChI=1S/C12H6ClF2N3/c13-7-4-10(15)12(17-6-7)18-11-3-1-2-9(14)8(11)5-16/h1-4,6H,(H,17,18). The number of rotatable bonds is 2. The van der Waals surface area contributed by atoms with Crippen LogP contribution in [-0.2, 0) is 0 Å². The van der Waals surface area contributed by atoms with Crippen LogP contribution in [0.4, 0.5) is 20.3 Å². The van der Waals surface area contributed by atoms with Gasteiger partial charge in [0, 0.05) is 6.20 Å². The predicted octanol–water partition coefficient (Wildman–Crippen LogP) is 3.63. The van der Waals surface area contributed by atoms with Crippen LogP contribution in [0.3, 0.4) is 0 Å². The van der Waals surface area contributed by atoms with E-state index >= 15 is 0 Å². The summed E-state index contributed by atoms with van der Waals surface area (Å²) in [4.78, 5) is 3.73. The van der Waals surface area contributed by atoms with Gasteiger partial charge in [0.15, 0.2) is 11.6 Å². The fourth-order valence-corrected chi connectivity index (χ4v) is 1.52. The van der Waals surface area contributed by atoms with Crippen molar-refractivity contribution in [2.75, 3.05) is 5.32 Å². The van der Waals surface area contributed by atoms with E-state index in [2.05, 4.69) is 10.3 Å². The lowest BCUT2D eigenvalue weighted by Crippen LogP contribution is -2.00. The van der Waals surface area contributed by atoms with Gasteiger partial charge >= 0.3 is 0 Å². The predicted molar refractivity (Wildman–Crippen MR) is 63.6 cm³/mol. The second kappa shape index (κ2) is 4.98. The van der Waals surface area contributed by atoms with Crippen LogP contribution in [0, 0.1) is 23.0 Å². The topological polar surface area (TPSA) is 48.7 Å². The molecule has 0 aliphatic heterocycles. The molecule has 0 bridgehead atoms. The molecular formula is C12H6ClF2N3. The lowest BCUT2D eigenvalue weighted by molar-refractivity contribution is 0.622. The molecule has 0 unspecified atom stereocenters. The van der Waals surface area contributed by atoms with E-state index in [1.165, 1.54) is 18.3 Å². The van der Waals surface area contributed by atoms with Gasteiger partial charge in [-0.05, 0) is 18.2 Å². The van der Waals surface area contributed by atoms with E-state index in [9.17, 15) is 8.78 Å². The normalized spacial score (nSPS) is 9.89. The van der Waals surface area contributed by atoms with E-state index in [1.807, 2.05) is 0 Å². The van der Waals surface area contributed by atoms with Crippen LogP contribution in [0.2, 0.25) is 5.02 Å². The van der Waals surface area contributed by atoms with Gasteiger partial charge < -0.3 is 5.32 Å². The molecule has 2 rings (SSSR count). The third kappa shape index (κ3) is 2.39. The fourth-order valence-electron chi connectivity index (χ4n) is 1.38. The molecule has 0 saturated heterocycles. The largest absolute Gasteiger partial charge is 0.337 e. The SMILES string of the molecule is N#Cc1c(F)cccc1Nc1ncc(Cl)cc1F. The Morgan fingerprint density at radius 2 is 2.06 bits per heavy atom. The first kappa shape index (κ1) is 12.3. The first-order chi connectivity index (χ1) is 8.61. The molecule has 0 atom stereocenters. The summed E-state index contributed by atoms with van der Waals surface area (Å²) in [5.41, 5.74) is -0.0557. The summed E-state index contributed by atoms with van der Waals surface area (Å²) >= 11 is 5.56. The van der Waals surface area contributed by atoms with Gasteiger partial charge in [0.25, 0.3) is 0 Å². The minimum absolute atomic E-state index is 0.124. The van der Waals surface area contributed by atoms with Crippen LogP contribution in [0.15, 0.2) is 30.5 Å². The Morgan fingerprint density at radius 3 is 2.72 bits per heavy atom. The van der Waals surface area contributed by atoms with Crippen LogP contribution in [0.5, 0.6) is 0 Å². The average Bonchev–Trinajstić information content (AvgIpc) is 2.33. The highest BCUT2D eigenvalue weighted by Gasteiger charge is 2.11. The third-order valence-electron chi connectivity index (χ3n) is 2.19. The molecule has 3 nitrogen and oxygen atoms in total. The molecule has 1 aromatic carbocycles. The molecule has 0 aliphatic rings. The van der Waals surface area contributed by atoms with Gasteiger partial charge in [-0.25, -0.2) is 13.8 Å². The van der Waals surface area contributed by atoms with E-state index in [-0.39, 0.29) is 22.1 Å². The Morgan fingerprint density at radius 1 is 1.28 bits per heavy atom. The minimum atomic E-state index is -0.685. The van der Waals surface area contributed by atoms with Crippen molar-refractivity contribution in [3.05, 3.63) is 52.7 Å². The monoisotopic (exact) mass is 265 g/mol. The number of hydrogen-bond donors (Lipinski definition) is 1. The van der Waals surface area contributed by atoms with Crippen LogP contribution in [0.1, 0.15) is 5.56 Å². The molecule has 0 spiro atoms. The Labute approximate surface area is 107 Å². The molecular weight excluding hydrogens is 260 g/mol. The smallest absolute Gasteiger partial charge is 0.167 e. The fraction of sp³-hybridized carbons (Fsp3) is 0. The number of nitrogens with one attached hydrogen (secondary N) is 1. The lowest BCUT2D eigenvalue weighted by atomic mass is 10.2. The Kier molecular flexibility index (Phi) is 3.40. The zero-order chi connectivity index (χ0) is 13.1. The van der Waals surface area contributed by atoms with Crippen molar-refractivity contribution in [2.45, 2.75) is 0 Å².